The number of amides is 1. The maximum Gasteiger partial charge on any atom is 0.306 e. The van der Waals surface area contributed by atoms with E-state index in [1.54, 1.807) is 28.0 Å². The van der Waals surface area contributed by atoms with Crippen LogP contribution in [0.3, 0.4) is 0 Å². The number of carboxylic acid groups (broad SMARTS) is 1. The Bertz CT molecular complexity index is 545. The molecule has 1 aromatic rings. The van der Waals surface area contributed by atoms with Crippen LogP contribution in [0.15, 0.2) is 11.4 Å². The van der Waals surface area contributed by atoms with Crippen LogP contribution in [-0.4, -0.2) is 53.4 Å². The monoisotopic (exact) mass is 327 g/mol. The van der Waals surface area contributed by atoms with Gasteiger partial charge in [0.15, 0.2) is 0 Å². The molecule has 0 bridgehead atoms. The summed E-state index contributed by atoms with van der Waals surface area (Å²) in [7, 11) is 0. The Morgan fingerprint density at radius 3 is 3.14 bits per heavy atom. The first kappa shape index (κ1) is 14.9. The van der Waals surface area contributed by atoms with Crippen LogP contribution >= 0.6 is 23.1 Å². The first-order chi connectivity index (χ1) is 10.1. The summed E-state index contributed by atoms with van der Waals surface area (Å²) in [5.41, 5.74) is 1.14. The molecule has 3 rings (SSSR count). The van der Waals surface area contributed by atoms with Crippen molar-refractivity contribution in [3.05, 3.63) is 21.9 Å². The standard InChI is InChI=1S/C14H17NO4S2/c16-12(17)7-9-8-15(3-4-19-9)14(18)13-10-1-5-20-11(10)2-6-21-13/h1,5,9,13H,2-4,6-8H2,(H,16,17)/t9-,13+/m1/s1. The van der Waals surface area contributed by atoms with Crippen LogP contribution in [0.1, 0.15) is 22.1 Å². The number of morpholine rings is 1. The number of carbonyl (C=O) groups is 2. The average molecular weight is 327 g/mol. The summed E-state index contributed by atoms with van der Waals surface area (Å²) >= 11 is 3.40. The van der Waals surface area contributed by atoms with Crippen LogP contribution in [0.5, 0.6) is 0 Å². The molecular weight excluding hydrogens is 310 g/mol. The summed E-state index contributed by atoms with van der Waals surface area (Å²) in [6.07, 6.45) is 0.591. The number of fused-ring (bicyclic) bond motifs is 1. The Labute approximate surface area is 131 Å². The molecule has 0 radical (unpaired) electrons. The highest BCUT2D eigenvalue weighted by atomic mass is 32.2. The molecule has 1 amide bonds. The van der Waals surface area contributed by atoms with E-state index in [0.29, 0.717) is 19.7 Å². The molecule has 0 spiro atoms. The fourth-order valence-electron chi connectivity index (χ4n) is 2.75. The molecule has 0 aromatic carbocycles. The third-order valence-electron chi connectivity index (χ3n) is 3.75. The fraction of sp³-hybridized carbons (Fsp3) is 0.571. The van der Waals surface area contributed by atoms with E-state index < -0.39 is 12.1 Å². The third kappa shape index (κ3) is 3.25. The van der Waals surface area contributed by atoms with Gasteiger partial charge < -0.3 is 14.7 Å². The molecule has 21 heavy (non-hydrogen) atoms. The summed E-state index contributed by atoms with van der Waals surface area (Å²) in [6, 6.07) is 2.05. The smallest absolute Gasteiger partial charge is 0.306 e. The van der Waals surface area contributed by atoms with Crippen LogP contribution in [0, 0.1) is 0 Å². The van der Waals surface area contributed by atoms with Gasteiger partial charge in [0.2, 0.25) is 5.91 Å². The lowest BCUT2D eigenvalue weighted by molar-refractivity contribution is -0.147. The lowest BCUT2D eigenvalue weighted by Crippen LogP contribution is -2.47. The Morgan fingerprint density at radius 1 is 1.48 bits per heavy atom. The van der Waals surface area contributed by atoms with Gasteiger partial charge in [-0.3, -0.25) is 9.59 Å². The van der Waals surface area contributed by atoms with Crippen molar-refractivity contribution >= 4 is 35.0 Å². The number of aliphatic carboxylic acids is 1. The zero-order valence-electron chi connectivity index (χ0n) is 11.5. The summed E-state index contributed by atoms with van der Waals surface area (Å²) in [6.45, 7) is 1.34. The second-order valence-corrected chi connectivity index (χ2v) is 7.39. The molecule has 2 atom stereocenters. The minimum absolute atomic E-state index is 0.0503. The number of hydrogen-bond donors (Lipinski definition) is 1. The van der Waals surface area contributed by atoms with Gasteiger partial charge in [-0.15, -0.1) is 23.1 Å². The van der Waals surface area contributed by atoms with E-state index in [-0.39, 0.29) is 17.6 Å². The zero-order chi connectivity index (χ0) is 14.8. The summed E-state index contributed by atoms with van der Waals surface area (Å²) in [4.78, 5) is 26.6. The lowest BCUT2D eigenvalue weighted by Gasteiger charge is -2.35. The molecule has 114 valence electrons. The highest BCUT2D eigenvalue weighted by Crippen LogP contribution is 2.40. The lowest BCUT2D eigenvalue weighted by atomic mass is 10.1. The number of thiophene rings is 1. The number of thioether (sulfide) groups is 1. The molecule has 0 aliphatic carbocycles. The summed E-state index contributed by atoms with van der Waals surface area (Å²) in [5, 5.41) is 10.8. The second-order valence-electron chi connectivity index (χ2n) is 5.17. The van der Waals surface area contributed by atoms with Gasteiger partial charge in [0.05, 0.1) is 19.1 Å². The van der Waals surface area contributed by atoms with Gasteiger partial charge in [-0.1, -0.05) is 0 Å². The van der Waals surface area contributed by atoms with E-state index in [0.717, 1.165) is 17.7 Å². The van der Waals surface area contributed by atoms with Crippen LogP contribution in [0.25, 0.3) is 0 Å². The predicted octanol–water partition coefficient (Wildman–Crippen LogP) is 1.78. The van der Waals surface area contributed by atoms with Gasteiger partial charge in [-0.05, 0) is 29.2 Å². The highest BCUT2D eigenvalue weighted by Gasteiger charge is 2.34. The molecule has 1 fully saturated rings. The molecule has 1 aromatic heterocycles. The maximum atomic E-state index is 12.8. The molecular formula is C14H17NO4S2. The maximum absolute atomic E-state index is 12.8. The molecule has 0 unspecified atom stereocenters. The quantitative estimate of drug-likeness (QED) is 0.917. The van der Waals surface area contributed by atoms with E-state index in [2.05, 4.69) is 0 Å². The number of rotatable bonds is 3. The van der Waals surface area contributed by atoms with Crippen molar-refractivity contribution < 1.29 is 19.4 Å². The topological polar surface area (TPSA) is 66.8 Å². The van der Waals surface area contributed by atoms with E-state index in [9.17, 15) is 9.59 Å². The van der Waals surface area contributed by atoms with Crippen molar-refractivity contribution in [2.24, 2.45) is 0 Å². The van der Waals surface area contributed by atoms with E-state index in [1.807, 2.05) is 11.4 Å². The Hall–Kier alpha value is -1.05. The summed E-state index contributed by atoms with van der Waals surface area (Å²) in [5.74, 6) is 0.173. The Morgan fingerprint density at radius 2 is 2.33 bits per heavy atom. The number of nitrogens with zero attached hydrogens (tertiary/aromatic N) is 1. The molecule has 2 aliphatic rings. The number of carbonyl (C=O) groups excluding carboxylic acids is 1. The van der Waals surface area contributed by atoms with E-state index >= 15 is 0 Å². The number of aryl methyl sites for hydroxylation is 1. The van der Waals surface area contributed by atoms with Gasteiger partial charge in [-0.25, -0.2) is 0 Å². The van der Waals surface area contributed by atoms with E-state index in [4.69, 9.17) is 9.84 Å². The van der Waals surface area contributed by atoms with Crippen molar-refractivity contribution in [2.45, 2.75) is 24.2 Å². The first-order valence-electron chi connectivity index (χ1n) is 6.95. The minimum Gasteiger partial charge on any atom is -0.481 e. The van der Waals surface area contributed by atoms with Crippen molar-refractivity contribution in [3.63, 3.8) is 0 Å². The molecule has 3 heterocycles. The largest absolute Gasteiger partial charge is 0.481 e. The number of hydrogen-bond acceptors (Lipinski definition) is 5. The Kier molecular flexibility index (Phi) is 4.51. The number of carboxylic acids is 1. The predicted molar refractivity (Wildman–Crippen MR) is 81.8 cm³/mol. The molecule has 7 heteroatoms. The van der Waals surface area contributed by atoms with Crippen LogP contribution in [0.4, 0.5) is 0 Å². The average Bonchev–Trinajstić information content (AvgIpc) is 2.94. The number of ether oxygens (including phenoxy) is 1. The second kappa shape index (κ2) is 6.37. The highest BCUT2D eigenvalue weighted by molar-refractivity contribution is 8.00. The Balaban J connectivity index is 1.70. The van der Waals surface area contributed by atoms with Gasteiger partial charge in [-0.2, -0.15) is 0 Å². The molecule has 1 N–H and O–H groups in total. The third-order valence-corrected chi connectivity index (χ3v) is 5.98. The molecule has 2 aliphatic heterocycles. The fourth-order valence-corrected chi connectivity index (χ4v) is 5.13. The van der Waals surface area contributed by atoms with Crippen LogP contribution in [0.2, 0.25) is 0 Å². The van der Waals surface area contributed by atoms with Gasteiger partial charge in [0, 0.05) is 18.0 Å². The molecule has 1 saturated heterocycles. The first-order valence-corrected chi connectivity index (χ1v) is 8.88. The van der Waals surface area contributed by atoms with Gasteiger partial charge >= 0.3 is 5.97 Å². The normalized spacial score (nSPS) is 25.4. The van der Waals surface area contributed by atoms with Crippen molar-refractivity contribution in [3.8, 4) is 0 Å². The van der Waals surface area contributed by atoms with E-state index in [1.165, 1.54) is 4.88 Å². The summed E-state index contributed by atoms with van der Waals surface area (Å²) < 4.78 is 5.43. The van der Waals surface area contributed by atoms with Crippen LogP contribution in [-0.2, 0) is 20.7 Å². The zero-order valence-corrected chi connectivity index (χ0v) is 13.1. The van der Waals surface area contributed by atoms with Crippen molar-refractivity contribution in [1.29, 1.82) is 0 Å². The molecule has 5 nitrogen and oxygen atoms in total. The van der Waals surface area contributed by atoms with Crippen molar-refractivity contribution in [2.75, 3.05) is 25.4 Å². The minimum atomic E-state index is -0.888. The molecule has 0 saturated carbocycles. The van der Waals surface area contributed by atoms with Crippen molar-refractivity contribution in [1.82, 2.24) is 4.90 Å². The van der Waals surface area contributed by atoms with Gasteiger partial charge in [0.1, 0.15) is 5.25 Å². The van der Waals surface area contributed by atoms with Gasteiger partial charge in [0.25, 0.3) is 0 Å². The SMILES string of the molecule is O=C(O)C[C@@H]1CN(C(=O)[C@H]2SCCc3sccc32)CCO1. The van der Waals surface area contributed by atoms with Crippen LogP contribution < -0.4 is 0 Å².